The van der Waals surface area contributed by atoms with E-state index in [2.05, 4.69) is 200 Å². The maximum Gasteiger partial charge on any atom is 0.160 e. The van der Waals surface area contributed by atoms with E-state index in [0.717, 1.165) is 72.3 Å². The fraction of sp³-hybridized carbons (Fsp3) is 0.0169. The molecule has 0 atom stereocenters. The summed E-state index contributed by atoms with van der Waals surface area (Å²) in [4.78, 5) is 10.7. The summed E-state index contributed by atoms with van der Waals surface area (Å²) in [5.74, 6) is 0.678. The molecule has 0 saturated carbocycles. The number of hydrogen-bond acceptors (Lipinski definition) is 3. The smallest absolute Gasteiger partial charge is 0.160 e. The molecule has 0 N–H and O–H groups in total. The van der Waals surface area contributed by atoms with Crippen LogP contribution in [0.5, 0.6) is 0 Å². The Balaban J connectivity index is 1.06. The topological polar surface area (TPSA) is 38.9 Å². The quantitative estimate of drug-likeness (QED) is 0.161. The standard InChI is InChI=1S/C59H38N2O/c1-5-17-39(18-6-1)43-33-44(41-29-31-50-49-26-14-16-28-56(49)62-57(50)37-41)35-45(34-43)55-38-54(60-58(61-55)40-19-7-2-8-20-40)42-30-32-53-51(36-42)48-25-13-15-27-52(48)59(53,46-21-9-3-10-22-46)47-23-11-4-12-24-47/h1-38H. The van der Waals surface area contributed by atoms with Crippen molar-refractivity contribution in [1.82, 2.24) is 9.97 Å². The van der Waals surface area contributed by atoms with Crippen molar-refractivity contribution >= 4 is 21.9 Å². The second-order valence-corrected chi connectivity index (χ2v) is 16.1. The van der Waals surface area contributed by atoms with E-state index < -0.39 is 5.41 Å². The molecule has 9 aromatic carbocycles. The van der Waals surface area contributed by atoms with Crippen molar-refractivity contribution < 1.29 is 4.42 Å². The summed E-state index contributed by atoms with van der Waals surface area (Å²) in [7, 11) is 0. The number of rotatable bonds is 7. The molecule has 3 nitrogen and oxygen atoms in total. The van der Waals surface area contributed by atoms with Crippen LogP contribution in [0.4, 0.5) is 0 Å². The zero-order valence-electron chi connectivity index (χ0n) is 33.7. The Morgan fingerprint density at radius 2 is 0.839 bits per heavy atom. The number of fused-ring (bicyclic) bond motifs is 6. The molecule has 0 spiro atoms. The fourth-order valence-electron chi connectivity index (χ4n) is 9.71. The molecule has 0 aliphatic heterocycles. The lowest BCUT2D eigenvalue weighted by Crippen LogP contribution is -2.28. The minimum absolute atomic E-state index is 0.474. The van der Waals surface area contributed by atoms with Gasteiger partial charge in [0.1, 0.15) is 11.2 Å². The van der Waals surface area contributed by atoms with Gasteiger partial charge in [0.25, 0.3) is 0 Å². The number of nitrogens with zero attached hydrogens (tertiary/aromatic N) is 2. The van der Waals surface area contributed by atoms with Gasteiger partial charge in [-0.3, -0.25) is 0 Å². The summed E-state index contributed by atoms with van der Waals surface area (Å²) in [5.41, 5.74) is 17.9. The summed E-state index contributed by atoms with van der Waals surface area (Å²) in [5, 5.41) is 2.23. The largest absolute Gasteiger partial charge is 0.456 e. The molecule has 0 radical (unpaired) electrons. The highest BCUT2D eigenvalue weighted by Gasteiger charge is 2.46. The third-order valence-electron chi connectivity index (χ3n) is 12.6. The van der Waals surface area contributed by atoms with Crippen LogP contribution >= 0.6 is 0 Å². The molecule has 0 bridgehead atoms. The van der Waals surface area contributed by atoms with Gasteiger partial charge < -0.3 is 4.42 Å². The predicted octanol–water partition coefficient (Wildman–Crippen LogP) is 15.1. The van der Waals surface area contributed by atoms with Crippen molar-refractivity contribution in [1.29, 1.82) is 0 Å². The molecule has 290 valence electrons. The van der Waals surface area contributed by atoms with Crippen molar-refractivity contribution in [3.63, 3.8) is 0 Å². The second-order valence-electron chi connectivity index (χ2n) is 16.1. The number of hydrogen-bond donors (Lipinski definition) is 0. The molecular formula is C59H38N2O. The van der Waals surface area contributed by atoms with Crippen LogP contribution < -0.4 is 0 Å². The molecule has 3 heteroatoms. The molecule has 62 heavy (non-hydrogen) atoms. The molecule has 0 saturated heterocycles. The van der Waals surface area contributed by atoms with Crippen molar-refractivity contribution in [2.45, 2.75) is 5.41 Å². The molecular weight excluding hydrogens is 753 g/mol. The van der Waals surface area contributed by atoms with E-state index in [4.69, 9.17) is 14.4 Å². The molecule has 2 aromatic heterocycles. The molecule has 12 rings (SSSR count). The minimum Gasteiger partial charge on any atom is -0.456 e. The van der Waals surface area contributed by atoms with Gasteiger partial charge >= 0.3 is 0 Å². The second kappa shape index (κ2) is 14.5. The molecule has 0 unspecified atom stereocenters. The lowest BCUT2D eigenvalue weighted by molar-refractivity contribution is 0.669. The van der Waals surface area contributed by atoms with E-state index in [0.29, 0.717) is 5.82 Å². The molecule has 0 fully saturated rings. The number of benzene rings is 9. The number of furan rings is 1. The van der Waals surface area contributed by atoms with Gasteiger partial charge in [-0.1, -0.05) is 182 Å². The minimum atomic E-state index is -0.474. The zero-order chi connectivity index (χ0) is 41.0. The fourth-order valence-corrected chi connectivity index (χ4v) is 9.71. The van der Waals surface area contributed by atoms with E-state index >= 15 is 0 Å². The maximum atomic E-state index is 6.37. The number of para-hydroxylation sites is 1. The first-order chi connectivity index (χ1) is 30.7. The first-order valence-corrected chi connectivity index (χ1v) is 21.1. The van der Waals surface area contributed by atoms with Gasteiger partial charge in [0.2, 0.25) is 0 Å². The average molecular weight is 791 g/mol. The van der Waals surface area contributed by atoms with Gasteiger partial charge in [0.05, 0.1) is 16.8 Å². The van der Waals surface area contributed by atoms with Crippen LogP contribution in [0.1, 0.15) is 22.3 Å². The van der Waals surface area contributed by atoms with Crippen LogP contribution in [0, 0.1) is 0 Å². The Kier molecular flexibility index (Phi) is 8.39. The SMILES string of the molecule is c1ccc(-c2cc(-c3ccc4c(c3)oc3ccccc34)cc(-c3cc(-c4ccc5c(c4)-c4ccccc4C5(c4ccccc4)c4ccccc4)nc(-c4ccccc4)n3)c2)cc1. The Hall–Kier alpha value is -8.14. The van der Waals surface area contributed by atoms with Crippen LogP contribution in [0.3, 0.4) is 0 Å². The van der Waals surface area contributed by atoms with Gasteiger partial charge in [-0.25, -0.2) is 9.97 Å². The van der Waals surface area contributed by atoms with Crippen LogP contribution in [0.2, 0.25) is 0 Å². The Labute approximate surface area is 360 Å². The van der Waals surface area contributed by atoms with Crippen LogP contribution in [-0.2, 0) is 5.41 Å². The van der Waals surface area contributed by atoms with Crippen molar-refractivity contribution in [2.75, 3.05) is 0 Å². The molecule has 0 amide bonds. The van der Waals surface area contributed by atoms with Crippen molar-refractivity contribution in [3.05, 3.63) is 253 Å². The van der Waals surface area contributed by atoms with E-state index in [-0.39, 0.29) is 0 Å². The first-order valence-electron chi connectivity index (χ1n) is 21.1. The molecule has 11 aromatic rings. The Morgan fingerprint density at radius 1 is 0.306 bits per heavy atom. The van der Waals surface area contributed by atoms with E-state index in [1.807, 2.05) is 30.3 Å². The van der Waals surface area contributed by atoms with Gasteiger partial charge in [0.15, 0.2) is 5.82 Å². The lowest BCUT2D eigenvalue weighted by Gasteiger charge is -2.33. The normalized spacial score (nSPS) is 12.6. The van der Waals surface area contributed by atoms with E-state index in [9.17, 15) is 0 Å². The Morgan fingerprint density at radius 3 is 1.56 bits per heavy atom. The third kappa shape index (κ3) is 5.82. The molecule has 1 aliphatic rings. The highest BCUT2D eigenvalue weighted by molar-refractivity contribution is 6.06. The third-order valence-corrected chi connectivity index (χ3v) is 12.6. The summed E-state index contributed by atoms with van der Waals surface area (Å²) in [6.45, 7) is 0. The summed E-state index contributed by atoms with van der Waals surface area (Å²) in [6, 6.07) is 82.3. The van der Waals surface area contributed by atoms with E-state index in [1.54, 1.807) is 0 Å². The first kappa shape index (κ1) is 35.8. The van der Waals surface area contributed by atoms with E-state index in [1.165, 1.54) is 33.4 Å². The zero-order valence-corrected chi connectivity index (χ0v) is 33.7. The predicted molar refractivity (Wildman–Crippen MR) is 254 cm³/mol. The van der Waals surface area contributed by atoms with Gasteiger partial charge in [-0.15, -0.1) is 0 Å². The Bertz CT molecular complexity index is 3410. The molecule has 2 heterocycles. The van der Waals surface area contributed by atoms with Crippen molar-refractivity contribution in [3.8, 4) is 67.3 Å². The van der Waals surface area contributed by atoms with Gasteiger partial charge in [-0.05, 0) is 104 Å². The number of aromatic nitrogens is 2. The summed E-state index contributed by atoms with van der Waals surface area (Å²) in [6.07, 6.45) is 0. The lowest BCUT2D eigenvalue weighted by atomic mass is 9.67. The monoisotopic (exact) mass is 790 g/mol. The summed E-state index contributed by atoms with van der Waals surface area (Å²) < 4.78 is 6.37. The van der Waals surface area contributed by atoms with Crippen LogP contribution in [-0.4, -0.2) is 9.97 Å². The maximum absolute atomic E-state index is 6.37. The average Bonchev–Trinajstić information content (AvgIpc) is 3.88. The summed E-state index contributed by atoms with van der Waals surface area (Å²) >= 11 is 0. The van der Waals surface area contributed by atoms with Crippen LogP contribution in [0.15, 0.2) is 235 Å². The van der Waals surface area contributed by atoms with Gasteiger partial charge in [-0.2, -0.15) is 0 Å². The highest BCUT2D eigenvalue weighted by Crippen LogP contribution is 2.56. The van der Waals surface area contributed by atoms with Crippen molar-refractivity contribution in [2.24, 2.45) is 0 Å². The van der Waals surface area contributed by atoms with Gasteiger partial charge in [0, 0.05) is 27.5 Å². The molecule has 1 aliphatic carbocycles. The van der Waals surface area contributed by atoms with Crippen LogP contribution in [0.25, 0.3) is 89.2 Å². The highest BCUT2D eigenvalue weighted by atomic mass is 16.3.